The predicted molar refractivity (Wildman–Crippen MR) is 85.3 cm³/mol. The lowest BCUT2D eigenvalue weighted by Crippen LogP contribution is -2.35. The van der Waals surface area contributed by atoms with Crippen LogP contribution in [0.1, 0.15) is 19.3 Å². The van der Waals surface area contributed by atoms with Crippen molar-refractivity contribution >= 4 is 40.1 Å². The highest BCUT2D eigenvalue weighted by Crippen LogP contribution is 2.35. The van der Waals surface area contributed by atoms with Crippen LogP contribution in [0, 0.1) is 5.92 Å². The molecular formula is C14H18Cl2N2S. The van der Waals surface area contributed by atoms with Gasteiger partial charge in [-0.3, -0.25) is 4.99 Å². The van der Waals surface area contributed by atoms with E-state index in [9.17, 15) is 0 Å². The summed E-state index contributed by atoms with van der Waals surface area (Å²) in [6, 6.07) is -0.176. The maximum atomic E-state index is 6.30. The van der Waals surface area contributed by atoms with Gasteiger partial charge in [-0.2, -0.15) is 0 Å². The minimum absolute atomic E-state index is 0.176. The van der Waals surface area contributed by atoms with Gasteiger partial charge in [0.1, 0.15) is 6.04 Å². The van der Waals surface area contributed by atoms with Gasteiger partial charge in [-0.15, -0.1) is 0 Å². The van der Waals surface area contributed by atoms with E-state index in [1.54, 1.807) is 6.08 Å². The Bertz CT molecular complexity index is 427. The number of aliphatic imine (C=N–C) groups is 1. The fourth-order valence-corrected chi connectivity index (χ4v) is 3.96. The summed E-state index contributed by atoms with van der Waals surface area (Å²) in [4.78, 5) is 7.19. The highest BCUT2D eigenvalue weighted by molar-refractivity contribution is 8.14. The standard InChI is InChI=1S/C14H18Cl2N2S/c15-14(16)7-2-1-6-12(14)17-13-18(8-9-19-13)10-11-4-3-5-11/h1-2,6-7,11-12H,3-5,8-10H2. The van der Waals surface area contributed by atoms with Crippen LogP contribution in [0.3, 0.4) is 0 Å². The van der Waals surface area contributed by atoms with E-state index < -0.39 is 4.33 Å². The Kier molecular flexibility index (Phi) is 4.16. The lowest BCUT2D eigenvalue weighted by molar-refractivity contribution is 0.249. The number of amidine groups is 1. The van der Waals surface area contributed by atoms with E-state index in [0.717, 1.165) is 29.9 Å². The number of rotatable bonds is 3. The number of hydrogen-bond donors (Lipinski definition) is 0. The van der Waals surface area contributed by atoms with Crippen LogP contribution in [-0.4, -0.2) is 39.3 Å². The first kappa shape index (κ1) is 13.8. The van der Waals surface area contributed by atoms with Crippen molar-refractivity contribution in [2.24, 2.45) is 10.9 Å². The normalized spacial score (nSPS) is 32.0. The predicted octanol–water partition coefficient (Wildman–Crippen LogP) is 3.86. The van der Waals surface area contributed by atoms with Crippen LogP contribution in [0.2, 0.25) is 0 Å². The summed E-state index contributed by atoms with van der Waals surface area (Å²) < 4.78 is -0.910. The van der Waals surface area contributed by atoms with E-state index in [-0.39, 0.29) is 6.04 Å². The first-order valence-electron chi connectivity index (χ1n) is 6.84. The van der Waals surface area contributed by atoms with Crippen molar-refractivity contribution in [2.45, 2.75) is 29.6 Å². The largest absolute Gasteiger partial charge is 0.350 e. The van der Waals surface area contributed by atoms with Gasteiger partial charge < -0.3 is 4.90 Å². The van der Waals surface area contributed by atoms with Crippen LogP contribution in [0.25, 0.3) is 0 Å². The van der Waals surface area contributed by atoms with Gasteiger partial charge in [-0.1, -0.05) is 59.6 Å². The Hall–Kier alpha value is -0.120. The summed E-state index contributed by atoms with van der Waals surface area (Å²) in [6.07, 6.45) is 11.8. The van der Waals surface area contributed by atoms with Crippen molar-refractivity contribution in [1.82, 2.24) is 4.90 Å². The van der Waals surface area contributed by atoms with Crippen LogP contribution >= 0.6 is 35.0 Å². The first-order chi connectivity index (χ1) is 9.15. The zero-order valence-electron chi connectivity index (χ0n) is 10.8. The second-order valence-electron chi connectivity index (χ2n) is 5.37. The molecule has 2 nitrogen and oxygen atoms in total. The van der Waals surface area contributed by atoms with Crippen molar-refractivity contribution in [3.05, 3.63) is 24.3 Å². The number of allylic oxidation sites excluding steroid dienone is 2. The zero-order valence-corrected chi connectivity index (χ0v) is 13.1. The fraction of sp³-hybridized carbons (Fsp3) is 0.643. The SMILES string of the molecule is ClC1(Cl)C=CC=CC1N=C1SCCN1CC1CCC1. The summed E-state index contributed by atoms with van der Waals surface area (Å²) in [5.74, 6) is 1.98. The average molecular weight is 317 g/mol. The molecule has 2 aliphatic carbocycles. The average Bonchev–Trinajstić information content (AvgIpc) is 2.74. The van der Waals surface area contributed by atoms with Gasteiger partial charge in [0.25, 0.3) is 0 Å². The quantitative estimate of drug-likeness (QED) is 0.735. The molecule has 0 aromatic rings. The summed E-state index contributed by atoms with van der Waals surface area (Å²) in [5, 5.41) is 1.11. The number of alkyl halides is 2. The summed E-state index contributed by atoms with van der Waals surface area (Å²) >= 11 is 14.4. The molecule has 0 N–H and O–H groups in total. The molecule has 1 saturated carbocycles. The lowest BCUT2D eigenvalue weighted by atomic mass is 9.85. The molecule has 1 aliphatic heterocycles. The third-order valence-corrected chi connectivity index (χ3v) is 5.64. The van der Waals surface area contributed by atoms with E-state index >= 15 is 0 Å². The molecule has 0 aromatic carbocycles. The molecule has 2 fully saturated rings. The second kappa shape index (κ2) is 5.71. The van der Waals surface area contributed by atoms with Crippen LogP contribution in [0.5, 0.6) is 0 Å². The Morgan fingerprint density at radius 3 is 2.89 bits per heavy atom. The van der Waals surface area contributed by atoms with Gasteiger partial charge in [0.2, 0.25) is 0 Å². The third-order valence-electron chi connectivity index (χ3n) is 3.93. The molecule has 5 heteroatoms. The van der Waals surface area contributed by atoms with E-state index in [2.05, 4.69) is 4.90 Å². The van der Waals surface area contributed by atoms with Gasteiger partial charge in [-0.05, 0) is 24.8 Å². The number of nitrogens with zero attached hydrogens (tertiary/aromatic N) is 2. The van der Waals surface area contributed by atoms with Crippen LogP contribution in [-0.2, 0) is 0 Å². The molecule has 0 spiro atoms. The Morgan fingerprint density at radius 1 is 1.37 bits per heavy atom. The number of halogens is 2. The second-order valence-corrected chi connectivity index (χ2v) is 7.87. The maximum Gasteiger partial charge on any atom is 0.162 e. The molecule has 1 heterocycles. The van der Waals surface area contributed by atoms with Gasteiger partial charge in [0, 0.05) is 18.8 Å². The molecular weight excluding hydrogens is 299 g/mol. The van der Waals surface area contributed by atoms with E-state index in [1.807, 2.05) is 30.0 Å². The monoisotopic (exact) mass is 316 g/mol. The van der Waals surface area contributed by atoms with Crippen molar-refractivity contribution in [3.63, 3.8) is 0 Å². The summed E-state index contributed by atoms with van der Waals surface area (Å²) in [5.41, 5.74) is 0. The zero-order chi connectivity index (χ0) is 13.3. The minimum atomic E-state index is -0.910. The fourth-order valence-electron chi connectivity index (χ4n) is 2.54. The topological polar surface area (TPSA) is 15.6 Å². The first-order valence-corrected chi connectivity index (χ1v) is 8.59. The van der Waals surface area contributed by atoms with E-state index in [1.165, 1.54) is 19.3 Å². The molecule has 3 rings (SSSR count). The Balaban J connectivity index is 1.70. The third kappa shape index (κ3) is 3.14. The maximum absolute atomic E-state index is 6.30. The molecule has 0 amide bonds. The molecule has 1 saturated heterocycles. The number of hydrogen-bond acceptors (Lipinski definition) is 2. The minimum Gasteiger partial charge on any atom is -0.350 e. The van der Waals surface area contributed by atoms with Gasteiger partial charge in [-0.25, -0.2) is 0 Å². The molecule has 0 bridgehead atoms. The number of thioether (sulfide) groups is 1. The van der Waals surface area contributed by atoms with E-state index in [4.69, 9.17) is 28.2 Å². The molecule has 1 unspecified atom stereocenters. The smallest absolute Gasteiger partial charge is 0.162 e. The highest BCUT2D eigenvalue weighted by atomic mass is 35.5. The lowest BCUT2D eigenvalue weighted by Gasteiger charge is -2.31. The van der Waals surface area contributed by atoms with Crippen molar-refractivity contribution < 1.29 is 0 Å². The molecule has 1 atom stereocenters. The summed E-state index contributed by atoms with van der Waals surface area (Å²) in [6.45, 7) is 2.25. The van der Waals surface area contributed by atoms with Crippen LogP contribution in [0.15, 0.2) is 29.3 Å². The van der Waals surface area contributed by atoms with Gasteiger partial charge in [0.05, 0.1) is 0 Å². The van der Waals surface area contributed by atoms with Gasteiger partial charge >= 0.3 is 0 Å². The Labute approximate surface area is 128 Å². The Morgan fingerprint density at radius 2 is 2.21 bits per heavy atom. The van der Waals surface area contributed by atoms with Crippen LogP contribution in [0.4, 0.5) is 0 Å². The highest BCUT2D eigenvalue weighted by Gasteiger charge is 2.34. The summed E-state index contributed by atoms with van der Waals surface area (Å²) in [7, 11) is 0. The van der Waals surface area contributed by atoms with Crippen molar-refractivity contribution in [3.8, 4) is 0 Å². The molecule has 0 aromatic heterocycles. The van der Waals surface area contributed by atoms with Gasteiger partial charge in [0.15, 0.2) is 9.50 Å². The van der Waals surface area contributed by atoms with Crippen molar-refractivity contribution in [2.75, 3.05) is 18.8 Å². The van der Waals surface area contributed by atoms with Crippen molar-refractivity contribution in [1.29, 1.82) is 0 Å². The molecule has 3 aliphatic rings. The molecule has 104 valence electrons. The molecule has 0 radical (unpaired) electrons. The molecule has 19 heavy (non-hydrogen) atoms. The van der Waals surface area contributed by atoms with E-state index in [0.29, 0.717) is 0 Å². The van der Waals surface area contributed by atoms with Crippen LogP contribution < -0.4 is 0 Å².